The number of halogens is 1. The van der Waals surface area contributed by atoms with Crippen LogP contribution < -0.4 is 10.2 Å². The first kappa shape index (κ1) is 19.2. The van der Waals surface area contributed by atoms with Crippen LogP contribution in [0.3, 0.4) is 0 Å². The molecule has 148 valence electrons. The molecule has 2 saturated heterocycles. The molecule has 2 atom stereocenters. The van der Waals surface area contributed by atoms with E-state index in [4.69, 9.17) is 16.3 Å². The van der Waals surface area contributed by atoms with Gasteiger partial charge in [-0.25, -0.2) is 9.78 Å². The fraction of sp³-hybridized carbons (Fsp3) is 0.421. The Morgan fingerprint density at radius 3 is 3.00 bits per heavy atom. The van der Waals surface area contributed by atoms with Crippen LogP contribution in [0.15, 0.2) is 29.6 Å². The van der Waals surface area contributed by atoms with E-state index in [-0.39, 0.29) is 30.5 Å². The topological polar surface area (TPSA) is 74.8 Å². The molecule has 3 amide bonds. The van der Waals surface area contributed by atoms with Crippen LogP contribution in [0.5, 0.6) is 0 Å². The summed E-state index contributed by atoms with van der Waals surface area (Å²) in [6.45, 7) is 4.09. The monoisotopic (exact) mass is 420 g/mol. The van der Waals surface area contributed by atoms with Crippen molar-refractivity contribution >= 4 is 40.0 Å². The number of urea groups is 1. The first-order chi connectivity index (χ1) is 13.5. The number of carbonyl (C=O) groups excluding carboxylic acids is 2. The van der Waals surface area contributed by atoms with E-state index in [9.17, 15) is 9.59 Å². The van der Waals surface area contributed by atoms with Crippen molar-refractivity contribution in [2.24, 2.45) is 0 Å². The lowest BCUT2D eigenvalue weighted by Gasteiger charge is -2.38. The lowest BCUT2D eigenvalue weighted by Crippen LogP contribution is -2.48. The van der Waals surface area contributed by atoms with E-state index in [0.717, 1.165) is 5.56 Å². The molecule has 0 bridgehead atoms. The number of carbonyl (C=O) groups is 2. The number of benzene rings is 1. The van der Waals surface area contributed by atoms with Crippen molar-refractivity contribution in [3.63, 3.8) is 0 Å². The Kier molecular flexibility index (Phi) is 5.52. The second kappa shape index (κ2) is 8.06. The lowest BCUT2D eigenvalue weighted by atomic mass is 10.1. The highest BCUT2D eigenvalue weighted by molar-refractivity contribution is 7.14. The molecule has 1 aromatic heterocycles. The summed E-state index contributed by atoms with van der Waals surface area (Å²) in [5, 5.41) is 5.86. The molecule has 1 N–H and O–H groups in total. The third-order valence-corrected chi connectivity index (χ3v) is 6.22. The zero-order chi connectivity index (χ0) is 19.7. The number of rotatable bonds is 4. The predicted molar refractivity (Wildman–Crippen MR) is 108 cm³/mol. The van der Waals surface area contributed by atoms with Crippen LogP contribution in [0.2, 0.25) is 5.02 Å². The maximum atomic E-state index is 12.9. The zero-order valence-electron chi connectivity index (χ0n) is 15.4. The average Bonchev–Trinajstić information content (AvgIpc) is 3.31. The van der Waals surface area contributed by atoms with Crippen LogP contribution >= 0.6 is 22.9 Å². The zero-order valence-corrected chi connectivity index (χ0v) is 17.0. The van der Waals surface area contributed by atoms with Crippen LogP contribution in [-0.2, 0) is 16.0 Å². The van der Waals surface area contributed by atoms with Crippen molar-refractivity contribution in [3.8, 4) is 0 Å². The number of nitrogens with one attached hydrogen (secondary N) is 1. The number of aromatic nitrogens is 1. The summed E-state index contributed by atoms with van der Waals surface area (Å²) in [6.07, 6.45) is -0.0425. The number of nitrogens with zero attached hydrogens (tertiary/aromatic N) is 3. The van der Waals surface area contributed by atoms with E-state index in [1.165, 1.54) is 11.3 Å². The molecule has 0 saturated carbocycles. The van der Waals surface area contributed by atoms with Crippen LogP contribution in [0.4, 0.5) is 9.93 Å². The summed E-state index contributed by atoms with van der Waals surface area (Å²) in [5.41, 5.74) is 1.57. The standard InChI is InChI=1S/C19H21ClN4O3S/c1-12-10-27-16(14-4-2-3-5-15(14)20)9-24(12)17(25)8-13-11-28-19(22-13)23-7-6-21-18(23)26/h2-5,11-12,16H,6-10H2,1H3,(H,21,26). The molecule has 2 aliphatic rings. The van der Waals surface area contributed by atoms with Gasteiger partial charge in [0.2, 0.25) is 5.91 Å². The van der Waals surface area contributed by atoms with Gasteiger partial charge in [-0.1, -0.05) is 29.8 Å². The molecule has 2 fully saturated rings. The molecule has 0 radical (unpaired) electrons. The minimum atomic E-state index is -0.242. The first-order valence-corrected chi connectivity index (χ1v) is 10.4. The van der Waals surface area contributed by atoms with Gasteiger partial charge in [-0.2, -0.15) is 0 Å². The van der Waals surface area contributed by atoms with Gasteiger partial charge in [0, 0.05) is 29.1 Å². The highest BCUT2D eigenvalue weighted by Crippen LogP contribution is 2.30. The number of ether oxygens (including phenoxy) is 1. The Labute approximate surface area is 172 Å². The molecule has 28 heavy (non-hydrogen) atoms. The molecule has 1 aromatic carbocycles. The SMILES string of the molecule is CC1COC(c2ccccc2Cl)CN1C(=O)Cc1csc(N2CCNC2=O)n1. The molecule has 3 heterocycles. The Morgan fingerprint density at radius 1 is 1.43 bits per heavy atom. The van der Waals surface area contributed by atoms with Crippen molar-refractivity contribution in [1.82, 2.24) is 15.2 Å². The van der Waals surface area contributed by atoms with Gasteiger partial charge < -0.3 is 15.0 Å². The lowest BCUT2D eigenvalue weighted by molar-refractivity contribution is -0.143. The second-order valence-electron chi connectivity index (χ2n) is 6.92. The second-order valence-corrected chi connectivity index (χ2v) is 8.16. The third-order valence-electron chi connectivity index (χ3n) is 4.97. The van der Waals surface area contributed by atoms with Crippen LogP contribution in [0.25, 0.3) is 0 Å². The van der Waals surface area contributed by atoms with E-state index in [2.05, 4.69) is 10.3 Å². The van der Waals surface area contributed by atoms with Gasteiger partial charge in [0.15, 0.2) is 5.13 Å². The van der Waals surface area contributed by atoms with E-state index in [1.807, 2.05) is 41.5 Å². The fourth-order valence-corrected chi connectivity index (χ4v) is 4.55. The number of hydrogen-bond donors (Lipinski definition) is 1. The van der Waals surface area contributed by atoms with Crippen molar-refractivity contribution in [1.29, 1.82) is 0 Å². The largest absolute Gasteiger partial charge is 0.369 e. The summed E-state index contributed by atoms with van der Waals surface area (Å²) in [6, 6.07) is 7.39. The number of anilines is 1. The van der Waals surface area contributed by atoms with Crippen molar-refractivity contribution in [2.45, 2.75) is 25.5 Å². The van der Waals surface area contributed by atoms with E-state index in [0.29, 0.717) is 42.1 Å². The predicted octanol–water partition coefficient (Wildman–Crippen LogP) is 2.86. The van der Waals surface area contributed by atoms with Crippen molar-refractivity contribution in [2.75, 3.05) is 31.1 Å². The molecule has 2 unspecified atom stereocenters. The molecule has 0 spiro atoms. The number of morpholine rings is 1. The molecule has 4 rings (SSSR count). The van der Waals surface area contributed by atoms with Gasteiger partial charge in [-0.05, 0) is 13.0 Å². The highest BCUT2D eigenvalue weighted by Gasteiger charge is 2.32. The van der Waals surface area contributed by atoms with Gasteiger partial charge in [0.25, 0.3) is 0 Å². The summed E-state index contributed by atoms with van der Waals surface area (Å²) in [7, 11) is 0. The minimum Gasteiger partial charge on any atom is -0.369 e. The molecule has 9 heteroatoms. The molecular weight excluding hydrogens is 400 g/mol. The third kappa shape index (κ3) is 3.85. The maximum absolute atomic E-state index is 12.9. The van der Waals surface area contributed by atoms with Crippen LogP contribution in [-0.4, -0.2) is 54.1 Å². The van der Waals surface area contributed by atoms with E-state index in [1.54, 1.807) is 4.90 Å². The normalized spacial score (nSPS) is 22.4. The molecule has 2 aromatic rings. The summed E-state index contributed by atoms with van der Waals surface area (Å²) in [4.78, 5) is 32.6. The first-order valence-electron chi connectivity index (χ1n) is 9.18. The van der Waals surface area contributed by atoms with Gasteiger partial charge in [-0.15, -0.1) is 11.3 Å². The Bertz CT molecular complexity index is 890. The van der Waals surface area contributed by atoms with Crippen LogP contribution in [0, 0.1) is 0 Å². The Balaban J connectivity index is 1.44. The quantitative estimate of drug-likeness (QED) is 0.825. The van der Waals surface area contributed by atoms with Crippen molar-refractivity contribution in [3.05, 3.63) is 45.9 Å². The number of hydrogen-bond acceptors (Lipinski definition) is 5. The maximum Gasteiger partial charge on any atom is 0.323 e. The van der Waals surface area contributed by atoms with Gasteiger partial charge in [0.05, 0.1) is 31.3 Å². The smallest absolute Gasteiger partial charge is 0.323 e. The average molecular weight is 421 g/mol. The number of amides is 3. The van der Waals surface area contributed by atoms with Gasteiger partial charge in [0.1, 0.15) is 6.10 Å². The van der Waals surface area contributed by atoms with E-state index < -0.39 is 0 Å². The number of thiazole rings is 1. The Morgan fingerprint density at radius 2 is 2.25 bits per heavy atom. The minimum absolute atomic E-state index is 0.00410. The highest BCUT2D eigenvalue weighted by atomic mass is 35.5. The molecule has 0 aliphatic carbocycles. The fourth-order valence-electron chi connectivity index (χ4n) is 3.44. The molecule has 2 aliphatic heterocycles. The van der Waals surface area contributed by atoms with Crippen LogP contribution in [0.1, 0.15) is 24.3 Å². The van der Waals surface area contributed by atoms with E-state index >= 15 is 0 Å². The van der Waals surface area contributed by atoms with Crippen molar-refractivity contribution < 1.29 is 14.3 Å². The summed E-state index contributed by atoms with van der Waals surface area (Å²) >= 11 is 7.68. The van der Waals surface area contributed by atoms with Gasteiger partial charge >= 0.3 is 6.03 Å². The molecular formula is C19H21ClN4O3S. The summed E-state index contributed by atoms with van der Waals surface area (Å²) < 4.78 is 5.93. The summed E-state index contributed by atoms with van der Waals surface area (Å²) in [5.74, 6) is -0.00410. The Hall–Kier alpha value is -2.16. The molecule has 7 nitrogen and oxygen atoms in total. The van der Waals surface area contributed by atoms with Gasteiger partial charge in [-0.3, -0.25) is 9.69 Å².